The van der Waals surface area contributed by atoms with Crippen molar-refractivity contribution in [2.75, 3.05) is 7.11 Å². The number of hydrogen-bond donors (Lipinski definition) is 1. The van der Waals surface area contributed by atoms with E-state index in [1.165, 1.54) is 0 Å². The number of carbonyl (C=O) groups excluding carboxylic acids is 1. The first-order valence-corrected chi connectivity index (χ1v) is 8.95. The molecule has 0 saturated carbocycles. The van der Waals surface area contributed by atoms with Gasteiger partial charge in [-0.2, -0.15) is 5.10 Å². The zero-order valence-corrected chi connectivity index (χ0v) is 16.1. The number of halogens is 1. The molecule has 0 unspecified atom stereocenters. The molecule has 1 N–H and O–H groups in total. The normalized spacial score (nSPS) is 10.6. The van der Waals surface area contributed by atoms with Gasteiger partial charge in [0.25, 0.3) is 5.91 Å². The highest BCUT2D eigenvalue weighted by Gasteiger charge is 2.08. The molecule has 3 aromatic carbocycles. The maximum absolute atomic E-state index is 12.2. The van der Waals surface area contributed by atoms with Gasteiger partial charge in [0.1, 0.15) is 17.2 Å². The molecule has 0 fully saturated rings. The zero-order chi connectivity index (χ0) is 19.1. The quantitative estimate of drug-likeness (QED) is 0.446. The van der Waals surface area contributed by atoms with Crippen molar-refractivity contribution in [2.45, 2.75) is 0 Å². The van der Waals surface area contributed by atoms with Crippen LogP contribution in [0.15, 0.2) is 82.4 Å². The minimum Gasteiger partial charge on any atom is -0.496 e. The van der Waals surface area contributed by atoms with Gasteiger partial charge in [0.05, 0.1) is 17.8 Å². The van der Waals surface area contributed by atoms with E-state index in [9.17, 15) is 4.79 Å². The van der Waals surface area contributed by atoms with Crippen LogP contribution < -0.4 is 14.9 Å². The highest BCUT2D eigenvalue weighted by molar-refractivity contribution is 9.10. The third-order valence-corrected chi connectivity index (χ3v) is 4.25. The molecule has 0 atom stereocenters. The maximum atomic E-state index is 12.2. The lowest BCUT2D eigenvalue weighted by Gasteiger charge is -2.06. The van der Waals surface area contributed by atoms with Crippen molar-refractivity contribution < 1.29 is 14.3 Å². The number of rotatable bonds is 6. The van der Waals surface area contributed by atoms with Crippen LogP contribution in [0.5, 0.6) is 17.2 Å². The van der Waals surface area contributed by atoms with Crippen molar-refractivity contribution >= 4 is 28.1 Å². The molecule has 0 radical (unpaired) electrons. The summed E-state index contributed by atoms with van der Waals surface area (Å²) in [5.74, 6) is 1.79. The predicted molar refractivity (Wildman–Crippen MR) is 109 cm³/mol. The van der Waals surface area contributed by atoms with Crippen LogP contribution in [0.1, 0.15) is 15.9 Å². The molecule has 136 valence electrons. The summed E-state index contributed by atoms with van der Waals surface area (Å²) >= 11 is 3.36. The SMILES string of the molecule is COc1ccc(C(=O)NN=Cc2cccc(Oc3ccccc3)c2)cc1Br. The van der Waals surface area contributed by atoms with Gasteiger partial charge in [0.2, 0.25) is 0 Å². The van der Waals surface area contributed by atoms with E-state index in [0.717, 1.165) is 11.3 Å². The predicted octanol–water partition coefficient (Wildman–Crippen LogP) is 5.01. The first kappa shape index (κ1) is 18.7. The van der Waals surface area contributed by atoms with Gasteiger partial charge >= 0.3 is 0 Å². The summed E-state index contributed by atoms with van der Waals surface area (Å²) in [6.07, 6.45) is 1.56. The fourth-order valence-corrected chi connectivity index (χ4v) is 2.86. The first-order chi connectivity index (χ1) is 13.2. The van der Waals surface area contributed by atoms with E-state index in [-0.39, 0.29) is 5.91 Å². The second-order valence-electron chi connectivity index (χ2n) is 5.54. The van der Waals surface area contributed by atoms with Gasteiger partial charge in [-0.05, 0) is 64.0 Å². The Morgan fingerprint density at radius 1 is 1.00 bits per heavy atom. The summed E-state index contributed by atoms with van der Waals surface area (Å²) in [6, 6.07) is 22.0. The van der Waals surface area contributed by atoms with Gasteiger partial charge in [-0.1, -0.05) is 30.3 Å². The molecule has 0 aliphatic rings. The van der Waals surface area contributed by atoms with E-state index < -0.39 is 0 Å². The summed E-state index contributed by atoms with van der Waals surface area (Å²) in [7, 11) is 1.57. The van der Waals surface area contributed by atoms with Crippen molar-refractivity contribution in [1.82, 2.24) is 5.43 Å². The largest absolute Gasteiger partial charge is 0.496 e. The molecule has 27 heavy (non-hydrogen) atoms. The molecule has 0 spiro atoms. The van der Waals surface area contributed by atoms with Crippen molar-refractivity contribution in [3.05, 3.63) is 88.4 Å². The Morgan fingerprint density at radius 3 is 2.52 bits per heavy atom. The maximum Gasteiger partial charge on any atom is 0.271 e. The van der Waals surface area contributed by atoms with Gasteiger partial charge in [0, 0.05) is 5.56 Å². The average molecular weight is 425 g/mol. The molecular weight excluding hydrogens is 408 g/mol. The summed E-state index contributed by atoms with van der Waals surface area (Å²) in [6.45, 7) is 0. The zero-order valence-electron chi connectivity index (χ0n) is 14.6. The van der Waals surface area contributed by atoms with Crippen LogP contribution in [0.25, 0.3) is 0 Å². The summed E-state index contributed by atoms with van der Waals surface area (Å²) < 4.78 is 11.6. The smallest absolute Gasteiger partial charge is 0.271 e. The van der Waals surface area contributed by atoms with Crippen LogP contribution in [0, 0.1) is 0 Å². The highest BCUT2D eigenvalue weighted by Crippen LogP contribution is 2.25. The lowest BCUT2D eigenvalue weighted by atomic mass is 10.2. The van der Waals surface area contributed by atoms with Gasteiger partial charge < -0.3 is 9.47 Å². The number of carbonyl (C=O) groups is 1. The number of nitrogens with zero attached hydrogens (tertiary/aromatic N) is 1. The number of methoxy groups -OCH3 is 1. The Kier molecular flexibility index (Phi) is 6.22. The molecular formula is C21H17BrN2O3. The third-order valence-electron chi connectivity index (χ3n) is 3.63. The fraction of sp³-hybridized carbons (Fsp3) is 0.0476. The van der Waals surface area contributed by atoms with Crippen LogP contribution in [-0.2, 0) is 0 Å². The Labute approximate surface area is 165 Å². The van der Waals surface area contributed by atoms with Crippen LogP contribution in [0.4, 0.5) is 0 Å². The van der Waals surface area contributed by atoms with Gasteiger partial charge in [-0.15, -0.1) is 0 Å². The number of ether oxygens (including phenoxy) is 2. The summed E-state index contributed by atoms with van der Waals surface area (Å²) in [5, 5.41) is 4.01. The summed E-state index contributed by atoms with van der Waals surface area (Å²) in [5.41, 5.74) is 3.79. The number of hydrogen-bond acceptors (Lipinski definition) is 4. The molecule has 0 bridgehead atoms. The Hall–Kier alpha value is -3.12. The lowest BCUT2D eigenvalue weighted by Crippen LogP contribution is -2.17. The van der Waals surface area contributed by atoms with E-state index in [1.807, 2.05) is 54.6 Å². The van der Waals surface area contributed by atoms with E-state index in [2.05, 4.69) is 26.5 Å². The highest BCUT2D eigenvalue weighted by atomic mass is 79.9. The van der Waals surface area contributed by atoms with Crippen molar-refractivity contribution in [3.8, 4) is 17.2 Å². The second kappa shape index (κ2) is 9.00. The molecule has 3 rings (SSSR count). The fourth-order valence-electron chi connectivity index (χ4n) is 2.32. The minimum absolute atomic E-state index is 0.314. The van der Waals surface area contributed by atoms with Crippen molar-refractivity contribution in [3.63, 3.8) is 0 Å². The molecule has 0 heterocycles. The summed E-state index contributed by atoms with van der Waals surface area (Å²) in [4.78, 5) is 12.2. The van der Waals surface area contributed by atoms with Gasteiger partial charge in [-0.3, -0.25) is 4.79 Å². The minimum atomic E-state index is -0.314. The lowest BCUT2D eigenvalue weighted by molar-refractivity contribution is 0.0955. The van der Waals surface area contributed by atoms with Crippen molar-refractivity contribution in [1.29, 1.82) is 0 Å². The topological polar surface area (TPSA) is 59.9 Å². The van der Waals surface area contributed by atoms with Gasteiger partial charge in [0.15, 0.2) is 0 Å². The van der Waals surface area contributed by atoms with E-state index >= 15 is 0 Å². The van der Waals surface area contributed by atoms with Crippen LogP contribution in [0.2, 0.25) is 0 Å². The monoisotopic (exact) mass is 424 g/mol. The molecule has 0 aromatic heterocycles. The van der Waals surface area contributed by atoms with E-state index in [1.54, 1.807) is 31.5 Å². The molecule has 0 aliphatic heterocycles. The van der Waals surface area contributed by atoms with Crippen LogP contribution in [-0.4, -0.2) is 19.2 Å². The first-order valence-electron chi connectivity index (χ1n) is 8.15. The van der Waals surface area contributed by atoms with E-state index in [4.69, 9.17) is 9.47 Å². The molecule has 5 nitrogen and oxygen atoms in total. The molecule has 6 heteroatoms. The Balaban J connectivity index is 1.63. The standard InChI is InChI=1S/C21H17BrN2O3/c1-26-20-11-10-16(13-19(20)22)21(25)24-23-14-15-6-5-9-18(12-15)27-17-7-3-2-4-8-17/h2-14H,1H3,(H,24,25). The average Bonchev–Trinajstić information content (AvgIpc) is 2.69. The second-order valence-corrected chi connectivity index (χ2v) is 6.39. The molecule has 0 aliphatic carbocycles. The molecule has 1 amide bonds. The number of benzene rings is 3. The number of nitrogens with one attached hydrogen (secondary N) is 1. The van der Waals surface area contributed by atoms with E-state index in [0.29, 0.717) is 21.5 Å². The van der Waals surface area contributed by atoms with Gasteiger partial charge in [-0.25, -0.2) is 5.43 Å². The number of hydrazone groups is 1. The van der Waals surface area contributed by atoms with Crippen LogP contribution >= 0.6 is 15.9 Å². The number of amides is 1. The Bertz CT molecular complexity index is 959. The number of para-hydroxylation sites is 1. The van der Waals surface area contributed by atoms with Crippen LogP contribution in [0.3, 0.4) is 0 Å². The van der Waals surface area contributed by atoms with Crippen molar-refractivity contribution in [2.24, 2.45) is 5.10 Å². The molecule has 0 saturated heterocycles. The molecule has 3 aromatic rings. The Morgan fingerprint density at radius 2 is 1.78 bits per heavy atom. The third kappa shape index (κ3) is 5.18.